The van der Waals surface area contributed by atoms with Gasteiger partial charge in [0.2, 0.25) is 11.8 Å². The van der Waals surface area contributed by atoms with Gasteiger partial charge in [-0.25, -0.2) is 4.39 Å². The van der Waals surface area contributed by atoms with E-state index in [1.165, 1.54) is 38.3 Å². The summed E-state index contributed by atoms with van der Waals surface area (Å²) in [5.41, 5.74) is 0.992. The molecule has 0 radical (unpaired) electrons. The Morgan fingerprint density at radius 3 is 2.44 bits per heavy atom. The summed E-state index contributed by atoms with van der Waals surface area (Å²) in [7, 11) is 1.49. The van der Waals surface area contributed by atoms with Crippen LogP contribution in [0.1, 0.15) is 13.3 Å². The van der Waals surface area contributed by atoms with Crippen molar-refractivity contribution in [3.05, 3.63) is 48.3 Å². The Kier molecular flexibility index (Phi) is 6.33. The van der Waals surface area contributed by atoms with Crippen LogP contribution in [0.15, 0.2) is 42.5 Å². The number of carbonyl (C=O) groups is 2. The van der Waals surface area contributed by atoms with Gasteiger partial charge >= 0.3 is 0 Å². The van der Waals surface area contributed by atoms with Crippen LogP contribution in [0, 0.1) is 5.82 Å². The average Bonchev–Trinajstić information content (AvgIpc) is 2.56. The van der Waals surface area contributed by atoms with Crippen molar-refractivity contribution in [1.29, 1.82) is 0 Å². The highest BCUT2D eigenvalue weighted by Crippen LogP contribution is 2.27. The molecule has 0 fully saturated rings. The number of nitrogens with one attached hydrogen (secondary N) is 2. The summed E-state index contributed by atoms with van der Waals surface area (Å²) in [5, 5.41) is 5.35. The Morgan fingerprint density at radius 1 is 1.08 bits per heavy atom. The molecule has 0 atom stereocenters. The first-order valence-electron chi connectivity index (χ1n) is 7.62. The lowest BCUT2D eigenvalue weighted by Gasteiger charge is -2.12. The van der Waals surface area contributed by atoms with Crippen LogP contribution >= 0.6 is 0 Å². The number of ether oxygens (including phenoxy) is 2. The number of carbonyl (C=O) groups excluding carboxylic acids is 2. The molecule has 2 aromatic rings. The fourth-order valence-corrected chi connectivity index (χ4v) is 2.09. The third-order valence-corrected chi connectivity index (χ3v) is 3.21. The maximum Gasteiger partial charge on any atom is 0.227 e. The lowest BCUT2D eigenvalue weighted by atomic mass is 10.2. The van der Waals surface area contributed by atoms with Gasteiger partial charge < -0.3 is 20.1 Å². The van der Waals surface area contributed by atoms with Gasteiger partial charge in [0.15, 0.2) is 0 Å². The Morgan fingerprint density at radius 2 is 1.80 bits per heavy atom. The zero-order valence-corrected chi connectivity index (χ0v) is 14.0. The van der Waals surface area contributed by atoms with Crippen LogP contribution in [-0.4, -0.2) is 25.5 Å². The lowest BCUT2D eigenvalue weighted by molar-refractivity contribution is -0.116. The fraction of sp³-hybridized carbons (Fsp3) is 0.222. The number of methoxy groups -OCH3 is 1. The van der Waals surface area contributed by atoms with Gasteiger partial charge in [-0.1, -0.05) is 0 Å². The first-order chi connectivity index (χ1) is 12.0. The largest absolute Gasteiger partial charge is 0.495 e. The third kappa shape index (κ3) is 5.80. The molecule has 0 bridgehead atoms. The molecular formula is C18H19FN2O4. The maximum atomic E-state index is 12.8. The predicted octanol–water partition coefficient (Wildman–Crippen LogP) is 3.20. The van der Waals surface area contributed by atoms with Crippen molar-refractivity contribution < 1.29 is 23.5 Å². The second-order valence-corrected chi connectivity index (χ2v) is 5.20. The van der Waals surface area contributed by atoms with Gasteiger partial charge in [0.1, 0.15) is 17.3 Å². The molecule has 6 nitrogen and oxygen atoms in total. The highest BCUT2D eigenvalue weighted by Gasteiger charge is 2.08. The van der Waals surface area contributed by atoms with E-state index in [4.69, 9.17) is 9.47 Å². The molecule has 0 aliphatic heterocycles. The summed E-state index contributed by atoms with van der Waals surface area (Å²) < 4.78 is 23.3. The van der Waals surface area contributed by atoms with Crippen LogP contribution < -0.4 is 20.1 Å². The van der Waals surface area contributed by atoms with Crippen molar-refractivity contribution in [1.82, 2.24) is 0 Å². The summed E-state index contributed by atoms with van der Waals surface area (Å²) in [6, 6.07) is 10.5. The number of anilines is 2. The van der Waals surface area contributed by atoms with Crippen molar-refractivity contribution in [3.8, 4) is 11.5 Å². The van der Waals surface area contributed by atoms with E-state index in [1.54, 1.807) is 18.2 Å². The van der Waals surface area contributed by atoms with Crippen LogP contribution in [0.25, 0.3) is 0 Å². The minimum absolute atomic E-state index is 0.124. The number of benzene rings is 2. The minimum atomic E-state index is -0.348. The van der Waals surface area contributed by atoms with Crippen molar-refractivity contribution >= 4 is 23.2 Å². The molecule has 0 saturated heterocycles. The van der Waals surface area contributed by atoms with Crippen LogP contribution in [0.5, 0.6) is 11.5 Å². The molecule has 0 aliphatic rings. The average molecular weight is 346 g/mol. The van der Waals surface area contributed by atoms with Gasteiger partial charge in [-0.2, -0.15) is 0 Å². The second-order valence-electron chi connectivity index (χ2n) is 5.20. The molecule has 0 aliphatic carbocycles. The molecule has 0 aromatic heterocycles. The first kappa shape index (κ1) is 18.3. The first-order valence-corrected chi connectivity index (χ1v) is 7.62. The molecule has 2 aromatic carbocycles. The van der Waals surface area contributed by atoms with Crippen LogP contribution in [0.2, 0.25) is 0 Å². The quantitative estimate of drug-likeness (QED) is 0.807. The van der Waals surface area contributed by atoms with E-state index >= 15 is 0 Å². The van der Waals surface area contributed by atoms with E-state index in [9.17, 15) is 14.0 Å². The molecule has 2 N–H and O–H groups in total. The topological polar surface area (TPSA) is 76.7 Å². The van der Waals surface area contributed by atoms with E-state index < -0.39 is 0 Å². The van der Waals surface area contributed by atoms with Crippen LogP contribution in [0.4, 0.5) is 15.8 Å². The summed E-state index contributed by atoms with van der Waals surface area (Å²) in [5.74, 6) is 0.148. The van der Waals surface area contributed by atoms with Crippen molar-refractivity contribution in [3.63, 3.8) is 0 Å². The van der Waals surface area contributed by atoms with Gasteiger partial charge in [-0.05, 0) is 42.5 Å². The third-order valence-electron chi connectivity index (χ3n) is 3.21. The molecule has 2 amide bonds. The van der Waals surface area contributed by atoms with Crippen molar-refractivity contribution in [2.45, 2.75) is 13.3 Å². The van der Waals surface area contributed by atoms with E-state index in [0.717, 1.165) is 0 Å². The van der Waals surface area contributed by atoms with Gasteiger partial charge in [-0.3, -0.25) is 9.59 Å². The van der Waals surface area contributed by atoms with E-state index in [2.05, 4.69) is 10.6 Å². The second kappa shape index (κ2) is 8.68. The zero-order valence-electron chi connectivity index (χ0n) is 14.0. The smallest absolute Gasteiger partial charge is 0.227 e. The monoisotopic (exact) mass is 346 g/mol. The van der Waals surface area contributed by atoms with Gasteiger partial charge in [0.05, 0.1) is 25.8 Å². The predicted molar refractivity (Wildman–Crippen MR) is 92.4 cm³/mol. The SMILES string of the molecule is COc1ccc(NC(=O)CCOc2ccc(F)cc2)cc1NC(C)=O. The molecule has 0 unspecified atom stereocenters. The number of hydrogen-bond donors (Lipinski definition) is 2. The van der Waals surface area contributed by atoms with E-state index in [0.29, 0.717) is 22.9 Å². The van der Waals surface area contributed by atoms with Gasteiger partial charge in [-0.15, -0.1) is 0 Å². The molecule has 0 heterocycles. The van der Waals surface area contributed by atoms with E-state index in [1.807, 2.05) is 0 Å². The van der Waals surface area contributed by atoms with Gasteiger partial charge in [0, 0.05) is 12.6 Å². The summed E-state index contributed by atoms with van der Waals surface area (Å²) >= 11 is 0. The molecular weight excluding hydrogens is 327 g/mol. The Balaban J connectivity index is 1.89. The van der Waals surface area contributed by atoms with E-state index in [-0.39, 0.29) is 30.7 Å². The molecule has 132 valence electrons. The lowest BCUT2D eigenvalue weighted by Crippen LogP contribution is -2.15. The van der Waals surface area contributed by atoms with Crippen LogP contribution in [0.3, 0.4) is 0 Å². The summed E-state index contributed by atoms with van der Waals surface area (Å²) in [4.78, 5) is 23.2. The number of rotatable bonds is 7. The number of hydrogen-bond acceptors (Lipinski definition) is 4. The normalized spacial score (nSPS) is 10.0. The standard InChI is InChI=1S/C18H19FN2O4/c1-12(22)20-16-11-14(5-8-17(16)24-2)21-18(23)9-10-25-15-6-3-13(19)4-7-15/h3-8,11H,9-10H2,1-2H3,(H,20,22)(H,21,23). The van der Waals surface area contributed by atoms with Gasteiger partial charge in [0.25, 0.3) is 0 Å². The highest BCUT2D eigenvalue weighted by molar-refractivity contribution is 5.94. The zero-order chi connectivity index (χ0) is 18.2. The summed E-state index contributed by atoms with van der Waals surface area (Å²) in [6.45, 7) is 1.55. The minimum Gasteiger partial charge on any atom is -0.495 e. The van der Waals surface area contributed by atoms with Crippen molar-refractivity contribution in [2.24, 2.45) is 0 Å². The van der Waals surface area contributed by atoms with Crippen LogP contribution in [-0.2, 0) is 9.59 Å². The molecule has 2 rings (SSSR count). The molecule has 7 heteroatoms. The number of amides is 2. The number of halogens is 1. The molecule has 0 saturated carbocycles. The highest BCUT2D eigenvalue weighted by atomic mass is 19.1. The van der Waals surface area contributed by atoms with Crippen molar-refractivity contribution in [2.75, 3.05) is 24.4 Å². The Hall–Kier alpha value is -3.09. The maximum absolute atomic E-state index is 12.8. The molecule has 25 heavy (non-hydrogen) atoms. The summed E-state index contributed by atoms with van der Waals surface area (Å²) in [6.07, 6.45) is 0.124. The Labute approximate surface area is 144 Å². The molecule has 0 spiro atoms. The Bertz CT molecular complexity index is 747. The fourth-order valence-electron chi connectivity index (χ4n) is 2.09.